The van der Waals surface area contributed by atoms with Crippen LogP contribution in [-0.2, 0) is 20.1 Å². The number of hydrogen-bond acceptors (Lipinski definition) is 3. The first kappa shape index (κ1) is 30.5. The molecule has 0 saturated heterocycles. The summed E-state index contributed by atoms with van der Waals surface area (Å²) in [4.78, 5) is 9.18. The van der Waals surface area contributed by atoms with Gasteiger partial charge in [-0.25, -0.2) is 0 Å². The number of aryl methyl sites for hydroxylation is 1. The van der Waals surface area contributed by atoms with E-state index in [4.69, 9.17) is 1.37 Å². The summed E-state index contributed by atoms with van der Waals surface area (Å²) in [6.07, 6.45) is 3.86. The topological polar surface area (TPSA) is 25.8 Å². The third-order valence-electron chi connectivity index (χ3n) is 7.82. The van der Waals surface area contributed by atoms with E-state index in [1.807, 2.05) is 50.2 Å². The second kappa shape index (κ2) is 13.3. The molecule has 7 aromatic rings. The number of aromatic nitrogens is 2. The average molecular weight is 786 g/mol. The van der Waals surface area contributed by atoms with Gasteiger partial charge in [-0.05, 0) is 62.4 Å². The fourth-order valence-electron chi connectivity index (χ4n) is 5.62. The van der Waals surface area contributed by atoms with Gasteiger partial charge in [0.25, 0.3) is 0 Å². The third-order valence-corrected chi connectivity index (χ3v) is 11.1. The van der Waals surface area contributed by atoms with Crippen LogP contribution in [0.15, 0.2) is 103 Å². The van der Waals surface area contributed by atoms with Crippen molar-refractivity contribution in [3.63, 3.8) is 0 Å². The quantitative estimate of drug-likeness (QED) is 0.131. The largest absolute Gasteiger partial charge is 0.305 e. The van der Waals surface area contributed by atoms with Gasteiger partial charge >= 0.3 is 0 Å². The predicted octanol–water partition coefficient (Wildman–Crippen LogP) is 10.6. The summed E-state index contributed by atoms with van der Waals surface area (Å²) in [5.41, 5.74) is 6.30. The molecular weight excluding hydrogens is 749 g/mol. The summed E-state index contributed by atoms with van der Waals surface area (Å²) >= 11 is 1.79. The van der Waals surface area contributed by atoms with Crippen molar-refractivity contribution >= 4 is 55.5 Å². The first-order valence-corrected chi connectivity index (χ1v) is 19.0. The fourth-order valence-corrected chi connectivity index (χ4v) is 8.55. The molecule has 44 heavy (non-hydrogen) atoms. The Morgan fingerprint density at radius 1 is 0.818 bits per heavy atom. The van der Waals surface area contributed by atoms with E-state index in [0.29, 0.717) is 0 Å². The molecule has 0 N–H and O–H groups in total. The molecule has 2 nitrogen and oxygen atoms in total. The van der Waals surface area contributed by atoms with Crippen molar-refractivity contribution in [2.45, 2.75) is 46.3 Å². The minimum Gasteiger partial charge on any atom is -0.305 e. The van der Waals surface area contributed by atoms with Gasteiger partial charge in [0.15, 0.2) is 0 Å². The van der Waals surface area contributed by atoms with Crippen molar-refractivity contribution in [1.82, 2.24) is 9.97 Å². The molecule has 1 radical (unpaired) electrons. The summed E-state index contributed by atoms with van der Waals surface area (Å²) in [6.45, 7) is 13.0. The van der Waals surface area contributed by atoms with Gasteiger partial charge in [-0.15, -0.1) is 59.7 Å². The summed E-state index contributed by atoms with van der Waals surface area (Å²) in [6, 6.07) is 37.8. The van der Waals surface area contributed by atoms with E-state index in [2.05, 4.69) is 109 Å². The van der Waals surface area contributed by atoms with E-state index in [1.54, 1.807) is 17.5 Å². The van der Waals surface area contributed by atoms with Crippen LogP contribution in [0, 0.1) is 19.1 Å². The Balaban J connectivity index is 0.000000193. The van der Waals surface area contributed by atoms with Crippen LogP contribution in [0.25, 0.3) is 53.5 Å². The number of rotatable bonds is 4. The molecule has 0 spiro atoms. The number of nitrogens with zero attached hydrogens (tertiary/aromatic N) is 2. The van der Waals surface area contributed by atoms with Crippen LogP contribution in [-0.4, -0.2) is 18.0 Å². The molecule has 3 heterocycles. The van der Waals surface area contributed by atoms with Crippen LogP contribution >= 0.6 is 11.3 Å². The van der Waals surface area contributed by atoms with Gasteiger partial charge in [0.05, 0.1) is 8.07 Å². The Hall–Kier alpha value is -3.47. The average Bonchev–Trinajstić information content (AvgIpc) is 3.40. The van der Waals surface area contributed by atoms with Gasteiger partial charge in [-0.1, -0.05) is 92.5 Å². The van der Waals surface area contributed by atoms with Crippen LogP contribution in [0.4, 0.5) is 0 Å². The zero-order valence-electron chi connectivity index (χ0n) is 27.0. The normalized spacial score (nSPS) is 12.0. The van der Waals surface area contributed by atoms with Gasteiger partial charge in [0.2, 0.25) is 0 Å². The van der Waals surface area contributed by atoms with Gasteiger partial charge < -0.3 is 9.97 Å². The Morgan fingerprint density at radius 2 is 1.61 bits per heavy atom. The molecule has 0 saturated carbocycles. The van der Waals surface area contributed by atoms with Crippen LogP contribution in [0.3, 0.4) is 0 Å². The van der Waals surface area contributed by atoms with Crippen LogP contribution < -0.4 is 5.19 Å². The Bertz CT molecular complexity index is 2110. The van der Waals surface area contributed by atoms with E-state index in [-0.39, 0.29) is 20.1 Å². The number of fused-ring (bicyclic) bond motifs is 5. The van der Waals surface area contributed by atoms with Gasteiger partial charge in [0.1, 0.15) is 0 Å². The fraction of sp³-hybridized carbons (Fsp3) is 0.179. The molecule has 0 fully saturated rings. The minimum absolute atomic E-state index is 0. The maximum absolute atomic E-state index is 8.34. The standard InChI is InChI=1S/C24H18NS.C15H18NSi.Ir/c1-15(2)17-12-13-25-21(14-17)19-8-5-9-20-23-18-7-4-3-6-16(18)10-11-22(23)26-24(19)20;1-12-10-14(13-8-6-5-7-9-13)16-11-15(12)17(2,3)4;/h3-7,9-15H,1-2H3;5-8,10-11H,1-4H3;/q2*-1;/i15D;;. The molecule has 0 aliphatic heterocycles. The number of hydrogen-bond donors (Lipinski definition) is 0. The molecule has 0 unspecified atom stereocenters. The van der Waals surface area contributed by atoms with Gasteiger partial charge in [0, 0.05) is 38.6 Å². The number of thiophene rings is 1. The molecule has 5 heteroatoms. The van der Waals surface area contributed by atoms with Crippen molar-refractivity contribution in [2.75, 3.05) is 0 Å². The van der Waals surface area contributed by atoms with Crippen molar-refractivity contribution in [3.05, 3.63) is 127 Å². The molecular formula is C39H36IrN2SSi-2. The third kappa shape index (κ3) is 6.48. The summed E-state index contributed by atoms with van der Waals surface area (Å²) in [7, 11) is -1.27. The summed E-state index contributed by atoms with van der Waals surface area (Å²) in [5.74, 6) is -0.651. The molecule has 0 atom stereocenters. The number of pyridine rings is 2. The monoisotopic (exact) mass is 786 g/mol. The van der Waals surface area contributed by atoms with E-state index < -0.39 is 14.0 Å². The van der Waals surface area contributed by atoms with E-state index in [9.17, 15) is 0 Å². The first-order chi connectivity index (χ1) is 21.0. The SMILES string of the molecule is Cc1cc(-c2[c-]cccc2)ncc1[Si](C)(C)C.[2H]C(C)(C)c1ccnc(-c2[c-]ccc3c2sc2ccc4ccccc4c23)c1.[Ir]. The maximum atomic E-state index is 8.34. The maximum Gasteiger partial charge on any atom is 0.0798 e. The summed E-state index contributed by atoms with van der Waals surface area (Å²) < 4.78 is 10.8. The van der Waals surface area contributed by atoms with Crippen LogP contribution in [0.5, 0.6) is 0 Å². The minimum atomic E-state index is -1.27. The van der Waals surface area contributed by atoms with Crippen molar-refractivity contribution < 1.29 is 21.5 Å². The van der Waals surface area contributed by atoms with E-state index >= 15 is 0 Å². The zero-order valence-corrected chi connectivity index (χ0v) is 30.2. The molecule has 7 rings (SSSR count). The molecule has 4 aromatic carbocycles. The molecule has 0 amide bonds. The van der Waals surface area contributed by atoms with E-state index in [1.165, 1.54) is 41.7 Å². The van der Waals surface area contributed by atoms with Crippen molar-refractivity contribution in [1.29, 1.82) is 0 Å². The Kier molecular flexibility index (Phi) is 9.20. The Morgan fingerprint density at radius 3 is 2.34 bits per heavy atom. The van der Waals surface area contributed by atoms with Crippen molar-refractivity contribution in [3.8, 4) is 22.5 Å². The molecule has 223 valence electrons. The Labute approximate surface area is 281 Å². The molecule has 0 bridgehead atoms. The number of benzene rings is 4. The summed E-state index contributed by atoms with van der Waals surface area (Å²) in [5, 5.41) is 6.54. The second-order valence-electron chi connectivity index (χ2n) is 12.2. The van der Waals surface area contributed by atoms with Gasteiger partial charge in [-0.2, -0.15) is 11.3 Å². The van der Waals surface area contributed by atoms with Crippen LogP contribution in [0.2, 0.25) is 19.6 Å². The van der Waals surface area contributed by atoms with Crippen LogP contribution in [0.1, 0.15) is 32.2 Å². The second-order valence-corrected chi connectivity index (χ2v) is 18.3. The smallest absolute Gasteiger partial charge is 0.0798 e. The molecule has 0 aliphatic carbocycles. The molecule has 3 aromatic heterocycles. The first-order valence-electron chi connectivity index (χ1n) is 15.2. The van der Waals surface area contributed by atoms with E-state index in [0.717, 1.165) is 28.1 Å². The zero-order chi connectivity index (χ0) is 31.1. The molecule has 0 aliphatic rings. The van der Waals surface area contributed by atoms with Gasteiger partial charge in [-0.3, -0.25) is 0 Å². The predicted molar refractivity (Wildman–Crippen MR) is 189 cm³/mol. The van der Waals surface area contributed by atoms with Crippen molar-refractivity contribution in [2.24, 2.45) is 0 Å².